The van der Waals surface area contributed by atoms with E-state index in [1.807, 2.05) is 153 Å². The molecule has 270 valence electrons. The lowest BCUT2D eigenvalue weighted by Gasteiger charge is -2.09. The molecule has 2 aromatic heterocycles. The maximum Gasteiger partial charge on any atom is 0.223 e. The van der Waals surface area contributed by atoms with Gasteiger partial charge in [-0.1, -0.05) is 154 Å². The van der Waals surface area contributed by atoms with E-state index >= 15 is 0 Å². The molecule has 0 aliphatic rings. The summed E-state index contributed by atoms with van der Waals surface area (Å²) in [6.07, 6.45) is 0. The Labute approximate surface area is 327 Å². The van der Waals surface area contributed by atoms with Crippen molar-refractivity contribution < 1.29 is 9.84 Å². The van der Waals surface area contributed by atoms with Crippen molar-refractivity contribution >= 4 is 72.0 Å². The van der Waals surface area contributed by atoms with Crippen molar-refractivity contribution in [1.29, 1.82) is 0 Å². The predicted octanol–water partition coefficient (Wildman–Crippen LogP) is 16.5. The molecule has 9 heteroatoms. The first-order chi connectivity index (χ1) is 22.7. The van der Waals surface area contributed by atoms with Crippen molar-refractivity contribution in [3.63, 3.8) is 0 Å². The highest BCUT2D eigenvalue weighted by Gasteiger charge is 2.07. The van der Waals surface area contributed by atoms with Crippen molar-refractivity contribution in [3.8, 4) is 17.4 Å². The molecule has 0 fully saturated rings. The summed E-state index contributed by atoms with van der Waals surface area (Å²) in [5, 5.41) is 10.5. The summed E-state index contributed by atoms with van der Waals surface area (Å²) in [7, 11) is 0. The van der Waals surface area contributed by atoms with Crippen LogP contribution in [0.15, 0.2) is 72.8 Å². The zero-order valence-corrected chi connectivity index (χ0v) is 38.2. The summed E-state index contributed by atoms with van der Waals surface area (Å²) in [4.78, 5) is 8.34. The molecule has 0 saturated heterocycles. The number of aromatic hydroxyl groups is 1. The molecule has 0 spiro atoms. The van der Waals surface area contributed by atoms with Crippen LogP contribution in [0.25, 0.3) is 0 Å². The number of phenolic OH excluding ortho intramolecular Hbond substituents is 1. The molecule has 0 radical (unpaired) electrons. The minimum Gasteiger partial charge on any atom is -0.508 e. The largest absolute Gasteiger partial charge is 0.508 e. The van der Waals surface area contributed by atoms with Gasteiger partial charge in [-0.25, -0.2) is 9.97 Å². The zero-order chi connectivity index (χ0) is 38.4. The molecule has 47 heavy (non-hydrogen) atoms. The third-order valence-electron chi connectivity index (χ3n) is 4.28. The molecule has 0 bridgehead atoms. The third-order valence-corrected chi connectivity index (χ3v) is 5.44. The Morgan fingerprint density at radius 1 is 0.532 bits per heavy atom. The SMILES string of the molecule is CC.CC.CC.CC.CC.CC.Cc1cc(Cl)c(C)c(Cl)n1.Cc1cc(Cl)c(C)c(Oc2ccccc2)n1.II.Oc1ccccc1. The van der Waals surface area contributed by atoms with E-state index in [1.165, 1.54) is 0 Å². The summed E-state index contributed by atoms with van der Waals surface area (Å²) < 4.78 is 5.68. The van der Waals surface area contributed by atoms with Gasteiger partial charge >= 0.3 is 0 Å². The van der Waals surface area contributed by atoms with Crippen LogP contribution in [-0.2, 0) is 0 Å². The molecule has 2 heterocycles. The number of para-hydroxylation sites is 2. The van der Waals surface area contributed by atoms with E-state index in [2.05, 4.69) is 47.2 Å². The molecule has 4 aromatic rings. The van der Waals surface area contributed by atoms with Gasteiger partial charge in [0.05, 0.1) is 5.02 Å². The van der Waals surface area contributed by atoms with Crippen molar-refractivity contribution in [1.82, 2.24) is 9.97 Å². The second kappa shape index (κ2) is 44.7. The maximum atomic E-state index is 8.63. The average Bonchev–Trinajstić information content (AvgIpc) is 3.13. The second-order valence-corrected chi connectivity index (χ2v) is 8.26. The van der Waals surface area contributed by atoms with Crippen LogP contribution >= 0.6 is 72.0 Å². The molecule has 0 aliphatic heterocycles. The molecular formula is C38H61Cl3I2N2O2. The molecular weight excluding hydrogens is 877 g/mol. The topological polar surface area (TPSA) is 55.2 Å². The number of pyridine rings is 2. The van der Waals surface area contributed by atoms with Gasteiger partial charge in [0.1, 0.15) is 16.7 Å². The number of halogens is 5. The third kappa shape index (κ3) is 31.7. The number of rotatable bonds is 2. The number of nitrogens with zero attached hydrogens (tertiary/aromatic N) is 2. The van der Waals surface area contributed by atoms with Gasteiger partial charge in [0.25, 0.3) is 0 Å². The van der Waals surface area contributed by atoms with Gasteiger partial charge in [-0.3, -0.25) is 0 Å². The fourth-order valence-electron chi connectivity index (χ4n) is 2.46. The number of hydrogen-bond acceptors (Lipinski definition) is 4. The maximum absolute atomic E-state index is 8.63. The van der Waals surface area contributed by atoms with E-state index in [9.17, 15) is 0 Å². The monoisotopic (exact) mass is 936 g/mol. The van der Waals surface area contributed by atoms with Crippen LogP contribution in [0.4, 0.5) is 0 Å². The molecule has 1 N–H and O–H groups in total. The Morgan fingerprint density at radius 3 is 1.21 bits per heavy atom. The second-order valence-electron chi connectivity index (χ2n) is 7.09. The molecule has 0 amide bonds. The standard InChI is InChI=1S/C13H12ClNO.C7H7Cl2N.C6H6O.6C2H6.I2/c1-9-8-12(14)10(2)13(15-9)16-11-6-4-3-5-7-11;1-4-3-6(8)5(2)7(9)10-4;7-6-4-2-1-3-5-6;7*1-2/h3-8H,1-2H3;3H,1-2H3;1-5,7H;6*1-2H3;. The number of benzene rings is 2. The first-order valence-corrected chi connectivity index (χ1v) is 23.6. The molecule has 4 rings (SSSR count). The summed E-state index contributed by atoms with van der Waals surface area (Å²) in [6, 6.07) is 21.9. The van der Waals surface area contributed by atoms with Gasteiger partial charge in [-0.15, -0.1) is 0 Å². The minimum absolute atomic E-state index is 0.322. The van der Waals surface area contributed by atoms with E-state index in [0.717, 1.165) is 28.3 Å². The van der Waals surface area contributed by atoms with Crippen molar-refractivity contribution in [2.45, 2.75) is 111 Å². The minimum atomic E-state index is 0.322. The van der Waals surface area contributed by atoms with Gasteiger partial charge in [0.15, 0.2) is 0 Å². The first kappa shape index (κ1) is 57.9. The van der Waals surface area contributed by atoms with Crippen LogP contribution in [0, 0.1) is 27.7 Å². The van der Waals surface area contributed by atoms with E-state index < -0.39 is 0 Å². The highest BCUT2D eigenvalue weighted by Crippen LogP contribution is 2.28. The smallest absolute Gasteiger partial charge is 0.223 e. The van der Waals surface area contributed by atoms with Gasteiger partial charge in [0.2, 0.25) is 5.88 Å². The Kier molecular flexibility index (Phi) is 55.0. The Morgan fingerprint density at radius 2 is 0.872 bits per heavy atom. The molecule has 4 nitrogen and oxygen atoms in total. The van der Waals surface area contributed by atoms with Gasteiger partial charge < -0.3 is 9.84 Å². The van der Waals surface area contributed by atoms with Gasteiger partial charge in [-0.2, -0.15) is 0 Å². The van der Waals surface area contributed by atoms with Crippen LogP contribution in [0.2, 0.25) is 15.2 Å². The van der Waals surface area contributed by atoms with Crippen LogP contribution in [0.3, 0.4) is 0 Å². The summed E-state index contributed by atoms with van der Waals surface area (Å²) in [5.74, 6) is 1.65. The Hall–Kier alpha value is -1.33. The normalized spacial score (nSPS) is 7.77. The molecule has 0 unspecified atom stereocenters. The average molecular weight is 938 g/mol. The van der Waals surface area contributed by atoms with Crippen molar-refractivity contribution in [3.05, 3.63) is 111 Å². The molecule has 2 aromatic carbocycles. The molecule has 0 saturated carbocycles. The lowest BCUT2D eigenvalue weighted by atomic mass is 10.2. The van der Waals surface area contributed by atoms with E-state index in [4.69, 9.17) is 44.6 Å². The van der Waals surface area contributed by atoms with Gasteiger partial charge in [-0.05, 0) is 64.1 Å². The summed E-state index contributed by atoms with van der Waals surface area (Å²) in [5.41, 5.74) is 3.40. The molecule has 0 aliphatic carbocycles. The van der Waals surface area contributed by atoms with E-state index in [1.54, 1.807) is 30.3 Å². The van der Waals surface area contributed by atoms with Crippen LogP contribution in [0.5, 0.6) is 17.4 Å². The number of hydrogen-bond donors (Lipinski definition) is 1. The summed E-state index contributed by atoms with van der Waals surface area (Å²) in [6.45, 7) is 31.5. The summed E-state index contributed by atoms with van der Waals surface area (Å²) >= 11 is 21.8. The van der Waals surface area contributed by atoms with Crippen LogP contribution in [0.1, 0.15) is 106 Å². The Bertz CT molecular complexity index is 1160. The number of phenols is 1. The first-order valence-electron chi connectivity index (χ1n) is 16.2. The van der Waals surface area contributed by atoms with Crippen molar-refractivity contribution in [2.24, 2.45) is 0 Å². The van der Waals surface area contributed by atoms with E-state index in [-0.39, 0.29) is 0 Å². The highest BCUT2D eigenvalue weighted by molar-refractivity contribution is 15.0. The van der Waals surface area contributed by atoms with Crippen LogP contribution in [-0.4, -0.2) is 15.1 Å². The fourth-order valence-corrected chi connectivity index (χ4v) is 3.23. The number of aryl methyl sites for hydroxylation is 2. The quantitative estimate of drug-likeness (QED) is 0.161. The zero-order valence-electron chi connectivity index (χ0n) is 31.6. The lowest BCUT2D eigenvalue weighted by molar-refractivity contribution is 0.457. The highest BCUT2D eigenvalue weighted by atomic mass is 128. The van der Waals surface area contributed by atoms with Crippen LogP contribution < -0.4 is 4.74 Å². The number of ether oxygens (including phenoxy) is 1. The van der Waals surface area contributed by atoms with Crippen molar-refractivity contribution in [2.75, 3.05) is 0 Å². The van der Waals surface area contributed by atoms with Gasteiger partial charge in [0, 0.05) is 64.8 Å². The predicted molar refractivity (Wildman–Crippen MR) is 233 cm³/mol. The lowest BCUT2D eigenvalue weighted by Crippen LogP contribution is -1.94. The van der Waals surface area contributed by atoms with E-state index in [0.29, 0.717) is 26.8 Å². The molecule has 0 atom stereocenters. The number of aromatic nitrogens is 2. The Balaban J connectivity index is -0.000000118. The fraction of sp³-hybridized carbons (Fsp3) is 0.421.